The molecule has 0 unspecified atom stereocenters. The van der Waals surface area contributed by atoms with Crippen molar-refractivity contribution in [3.05, 3.63) is 101 Å². The van der Waals surface area contributed by atoms with Gasteiger partial charge in [-0.2, -0.15) is 0 Å². The lowest BCUT2D eigenvalue weighted by molar-refractivity contribution is 0.102. The highest BCUT2D eigenvalue weighted by Gasteiger charge is 2.21. The third kappa shape index (κ3) is 4.31. The van der Waals surface area contributed by atoms with Gasteiger partial charge in [-0.1, -0.05) is 23.7 Å². The zero-order valence-corrected chi connectivity index (χ0v) is 16.6. The van der Waals surface area contributed by atoms with Crippen LogP contribution in [0.2, 0.25) is 5.02 Å². The first-order valence-corrected chi connectivity index (χ1v) is 9.65. The molecule has 150 valence electrons. The first-order valence-electron chi connectivity index (χ1n) is 9.27. The molecule has 5 nitrogen and oxygen atoms in total. The van der Waals surface area contributed by atoms with Gasteiger partial charge in [0.1, 0.15) is 17.3 Å². The minimum absolute atomic E-state index is 0.0977. The molecular weight excluding hydrogens is 402 g/mol. The van der Waals surface area contributed by atoms with Crippen LogP contribution < -0.4 is 5.32 Å². The lowest BCUT2D eigenvalue weighted by atomic mass is 9.97. The van der Waals surface area contributed by atoms with Crippen LogP contribution in [0.3, 0.4) is 0 Å². The van der Waals surface area contributed by atoms with Crippen molar-refractivity contribution >= 4 is 29.3 Å². The topological polar surface area (TPSA) is 75.6 Å². The van der Waals surface area contributed by atoms with E-state index in [0.29, 0.717) is 39.8 Å². The number of rotatable bonds is 6. The van der Waals surface area contributed by atoms with Crippen LogP contribution in [0.4, 0.5) is 5.69 Å². The number of carbonyl (C=O) groups excluding carboxylic acids is 1. The van der Waals surface area contributed by atoms with Gasteiger partial charge < -0.3 is 19.3 Å². The lowest BCUT2D eigenvalue weighted by Gasteiger charge is -2.13. The van der Waals surface area contributed by atoms with Crippen molar-refractivity contribution in [3.8, 4) is 17.1 Å². The third-order valence-electron chi connectivity index (χ3n) is 4.54. The van der Waals surface area contributed by atoms with Gasteiger partial charge in [0, 0.05) is 16.3 Å². The molecular formula is C24H18ClNO4. The zero-order chi connectivity index (χ0) is 20.9. The molecule has 0 aliphatic heterocycles. The molecule has 0 aliphatic rings. The number of carbonyl (C=O) groups is 1. The minimum Gasteiger partial charge on any atom is -0.507 e. The summed E-state index contributed by atoms with van der Waals surface area (Å²) in [7, 11) is 0. The average Bonchev–Trinajstić information content (AvgIpc) is 3.45. The number of amides is 1. The van der Waals surface area contributed by atoms with Gasteiger partial charge in [0.25, 0.3) is 5.91 Å². The molecule has 1 amide bonds. The number of aromatic hydroxyl groups is 1. The zero-order valence-electron chi connectivity index (χ0n) is 15.8. The van der Waals surface area contributed by atoms with Crippen LogP contribution in [0.15, 0.2) is 88.1 Å². The quantitative estimate of drug-likeness (QED) is 0.378. The summed E-state index contributed by atoms with van der Waals surface area (Å²) in [5, 5.41) is 14.3. The van der Waals surface area contributed by atoms with Gasteiger partial charge in [-0.25, -0.2) is 0 Å². The van der Waals surface area contributed by atoms with Crippen molar-refractivity contribution in [2.24, 2.45) is 0 Å². The van der Waals surface area contributed by atoms with E-state index in [2.05, 4.69) is 5.32 Å². The van der Waals surface area contributed by atoms with Gasteiger partial charge >= 0.3 is 0 Å². The van der Waals surface area contributed by atoms with Crippen LogP contribution >= 0.6 is 11.6 Å². The van der Waals surface area contributed by atoms with Gasteiger partial charge in [0.05, 0.1) is 18.1 Å². The monoisotopic (exact) mass is 419 g/mol. The van der Waals surface area contributed by atoms with Crippen molar-refractivity contribution in [3.63, 3.8) is 0 Å². The van der Waals surface area contributed by atoms with Gasteiger partial charge in [0.15, 0.2) is 0 Å². The highest BCUT2D eigenvalue weighted by atomic mass is 35.5. The predicted octanol–water partition coefficient (Wildman–Crippen LogP) is 6.41. The number of benzene rings is 2. The molecule has 0 aliphatic carbocycles. The molecule has 0 atom stereocenters. The normalized spacial score (nSPS) is 11.1. The molecule has 0 radical (unpaired) electrons. The molecule has 4 rings (SSSR count). The Bertz CT molecular complexity index is 1160. The molecule has 2 heterocycles. The van der Waals surface area contributed by atoms with Gasteiger partial charge in [-0.05, 0) is 72.7 Å². The first kappa shape index (κ1) is 19.6. The van der Waals surface area contributed by atoms with E-state index in [9.17, 15) is 9.90 Å². The van der Waals surface area contributed by atoms with E-state index in [1.54, 1.807) is 60.9 Å². The number of halogens is 1. The van der Waals surface area contributed by atoms with E-state index in [1.807, 2.05) is 18.2 Å². The maximum absolute atomic E-state index is 13.1. The molecule has 6 heteroatoms. The third-order valence-corrected chi connectivity index (χ3v) is 4.79. The Morgan fingerprint density at radius 1 is 1.00 bits per heavy atom. The van der Waals surface area contributed by atoms with Crippen LogP contribution in [0.5, 0.6) is 5.75 Å². The van der Waals surface area contributed by atoms with Crippen LogP contribution in [0, 0.1) is 0 Å². The van der Waals surface area contributed by atoms with Gasteiger partial charge in [-0.3, -0.25) is 4.79 Å². The maximum Gasteiger partial charge on any atom is 0.260 e. The second-order valence-electron chi connectivity index (χ2n) is 6.56. The summed E-state index contributed by atoms with van der Waals surface area (Å²) in [5.74, 6) is 0.657. The van der Waals surface area contributed by atoms with E-state index in [-0.39, 0.29) is 11.3 Å². The number of allylic oxidation sites excluding steroid dienone is 1. The second-order valence-corrected chi connectivity index (χ2v) is 6.99. The lowest BCUT2D eigenvalue weighted by Crippen LogP contribution is -2.14. The van der Waals surface area contributed by atoms with E-state index < -0.39 is 5.91 Å². The molecule has 0 saturated carbocycles. The summed E-state index contributed by atoms with van der Waals surface area (Å²) in [6.45, 7) is 0. The summed E-state index contributed by atoms with van der Waals surface area (Å²) in [6, 6.07) is 17.4. The molecule has 4 aromatic rings. The minimum atomic E-state index is -0.446. The van der Waals surface area contributed by atoms with Crippen molar-refractivity contribution in [1.82, 2.24) is 0 Å². The first-order chi connectivity index (χ1) is 14.6. The van der Waals surface area contributed by atoms with Crippen molar-refractivity contribution in [2.75, 3.05) is 5.32 Å². The Kier molecular flexibility index (Phi) is 5.72. The second kappa shape index (κ2) is 8.76. The van der Waals surface area contributed by atoms with Crippen molar-refractivity contribution in [2.45, 2.75) is 6.42 Å². The van der Waals surface area contributed by atoms with Crippen molar-refractivity contribution in [1.29, 1.82) is 0 Å². The molecule has 0 spiro atoms. The van der Waals surface area contributed by atoms with Crippen LogP contribution in [-0.2, 0) is 6.42 Å². The fraction of sp³-hybridized carbons (Fsp3) is 0.0417. The van der Waals surface area contributed by atoms with E-state index in [0.717, 1.165) is 0 Å². The molecule has 30 heavy (non-hydrogen) atoms. The number of furan rings is 2. The number of phenolic OH excluding ortho intramolecular Hbond substituents is 1. The largest absolute Gasteiger partial charge is 0.507 e. The number of anilines is 1. The number of hydrogen-bond acceptors (Lipinski definition) is 4. The standard InChI is InChI=1S/C24H18ClNO4/c25-17-9-11-18(12-10-17)26-24(28)22-20(21-7-3-15-30-21)13-8-16(23(22)27)4-1-5-19-6-2-14-29-19/h1-3,5-15,27H,4H2,(H,26,28)/b5-1+. The SMILES string of the molecule is O=C(Nc1ccc(Cl)cc1)c1c(-c2ccco2)ccc(C/C=C/c2ccco2)c1O. The highest BCUT2D eigenvalue weighted by molar-refractivity contribution is 6.30. The van der Waals surface area contributed by atoms with Crippen molar-refractivity contribution < 1.29 is 18.7 Å². The Morgan fingerprint density at radius 3 is 2.47 bits per heavy atom. The molecule has 0 saturated heterocycles. The number of hydrogen-bond donors (Lipinski definition) is 2. The smallest absolute Gasteiger partial charge is 0.260 e. The number of phenols is 1. The Hall–Kier alpha value is -3.70. The average molecular weight is 420 g/mol. The molecule has 2 aromatic carbocycles. The van der Waals surface area contributed by atoms with E-state index in [4.69, 9.17) is 20.4 Å². The molecule has 2 aromatic heterocycles. The van der Waals surface area contributed by atoms with Crippen LogP contribution in [0.25, 0.3) is 17.4 Å². The van der Waals surface area contributed by atoms with Gasteiger partial charge in [-0.15, -0.1) is 0 Å². The van der Waals surface area contributed by atoms with Gasteiger partial charge in [0.2, 0.25) is 0 Å². The van der Waals surface area contributed by atoms with E-state index >= 15 is 0 Å². The molecule has 0 bridgehead atoms. The molecule has 2 N–H and O–H groups in total. The summed E-state index contributed by atoms with van der Waals surface area (Å²) >= 11 is 5.91. The predicted molar refractivity (Wildman–Crippen MR) is 117 cm³/mol. The fourth-order valence-electron chi connectivity index (χ4n) is 3.08. The maximum atomic E-state index is 13.1. The fourth-order valence-corrected chi connectivity index (χ4v) is 3.21. The summed E-state index contributed by atoms with van der Waals surface area (Å²) < 4.78 is 10.7. The molecule has 0 fully saturated rings. The van der Waals surface area contributed by atoms with E-state index in [1.165, 1.54) is 6.26 Å². The summed E-state index contributed by atoms with van der Waals surface area (Å²) in [6.07, 6.45) is 7.21. The Balaban J connectivity index is 1.67. The van der Waals surface area contributed by atoms with Crippen LogP contribution in [-0.4, -0.2) is 11.0 Å². The Morgan fingerprint density at radius 2 is 1.77 bits per heavy atom. The highest BCUT2D eigenvalue weighted by Crippen LogP contribution is 2.34. The summed E-state index contributed by atoms with van der Waals surface area (Å²) in [4.78, 5) is 13.1. The summed E-state index contributed by atoms with van der Waals surface area (Å²) in [5.41, 5.74) is 1.82. The Labute approximate surface area is 178 Å². The number of nitrogens with one attached hydrogen (secondary N) is 1. The van der Waals surface area contributed by atoms with Crippen LogP contribution in [0.1, 0.15) is 21.7 Å².